The summed E-state index contributed by atoms with van der Waals surface area (Å²) in [6.45, 7) is 1.67. The van der Waals surface area contributed by atoms with Gasteiger partial charge in [-0.25, -0.2) is 0 Å². The molecule has 0 spiro atoms. The quantitative estimate of drug-likeness (QED) is 0.457. The van der Waals surface area contributed by atoms with Crippen LogP contribution in [0.5, 0.6) is 0 Å². The standard InChI is InChI=1S/C21H18ClF3N4OS/c1-12(19(30)26-14-9-10-17(22)16(11-14)21(23,24)25)31-20-28-27-18(13-7-8-13)29(20)15-5-3-2-4-6-15/h2-6,9-13H,7-8H2,1H3,(H,26,30). The van der Waals surface area contributed by atoms with E-state index in [2.05, 4.69) is 15.5 Å². The zero-order chi connectivity index (χ0) is 22.2. The van der Waals surface area contributed by atoms with Crippen molar-refractivity contribution in [3.63, 3.8) is 0 Å². The molecule has 0 aliphatic heterocycles. The molecule has 162 valence electrons. The van der Waals surface area contributed by atoms with Crippen molar-refractivity contribution in [1.82, 2.24) is 14.8 Å². The van der Waals surface area contributed by atoms with Gasteiger partial charge in [-0.3, -0.25) is 9.36 Å². The van der Waals surface area contributed by atoms with E-state index < -0.39 is 27.9 Å². The highest BCUT2D eigenvalue weighted by Gasteiger charge is 2.34. The zero-order valence-corrected chi connectivity index (χ0v) is 17.9. The number of carbonyl (C=O) groups excluding carboxylic acids is 1. The van der Waals surface area contributed by atoms with Crippen LogP contribution in [0.4, 0.5) is 18.9 Å². The van der Waals surface area contributed by atoms with Crippen LogP contribution in [0, 0.1) is 0 Å². The molecule has 1 saturated carbocycles. The number of amides is 1. The topological polar surface area (TPSA) is 59.8 Å². The van der Waals surface area contributed by atoms with Gasteiger partial charge in [0, 0.05) is 17.3 Å². The summed E-state index contributed by atoms with van der Waals surface area (Å²) in [5.41, 5.74) is -0.0698. The van der Waals surface area contributed by atoms with Crippen molar-refractivity contribution < 1.29 is 18.0 Å². The molecule has 1 aliphatic rings. The number of para-hydroxylation sites is 1. The minimum atomic E-state index is -4.61. The van der Waals surface area contributed by atoms with Crippen molar-refractivity contribution in [1.29, 1.82) is 0 Å². The Hall–Kier alpha value is -2.52. The van der Waals surface area contributed by atoms with E-state index in [-0.39, 0.29) is 5.69 Å². The molecule has 1 fully saturated rings. The number of halogens is 4. The first-order chi connectivity index (χ1) is 14.7. The molecule has 0 bridgehead atoms. The molecule has 0 radical (unpaired) electrons. The highest BCUT2D eigenvalue weighted by Crippen LogP contribution is 2.41. The van der Waals surface area contributed by atoms with Crippen LogP contribution in [0.25, 0.3) is 5.69 Å². The summed E-state index contributed by atoms with van der Waals surface area (Å²) < 4.78 is 41.2. The van der Waals surface area contributed by atoms with E-state index in [0.29, 0.717) is 11.1 Å². The number of hydrogen-bond donors (Lipinski definition) is 1. The van der Waals surface area contributed by atoms with Gasteiger partial charge >= 0.3 is 6.18 Å². The van der Waals surface area contributed by atoms with Gasteiger partial charge in [0.15, 0.2) is 5.16 Å². The second-order valence-corrected chi connectivity index (χ2v) is 8.94. The highest BCUT2D eigenvalue weighted by atomic mass is 35.5. The van der Waals surface area contributed by atoms with E-state index in [1.54, 1.807) is 6.92 Å². The van der Waals surface area contributed by atoms with Crippen molar-refractivity contribution in [2.24, 2.45) is 0 Å². The number of nitrogens with one attached hydrogen (secondary N) is 1. The molecule has 1 aromatic heterocycles. The fourth-order valence-electron chi connectivity index (χ4n) is 3.06. The first-order valence-electron chi connectivity index (χ1n) is 9.59. The third-order valence-corrected chi connectivity index (χ3v) is 6.18. The second kappa shape index (κ2) is 8.55. The number of benzene rings is 2. The number of aromatic nitrogens is 3. The lowest BCUT2D eigenvalue weighted by molar-refractivity contribution is -0.137. The molecular formula is C21H18ClF3N4OS. The number of carbonyl (C=O) groups is 1. The minimum Gasteiger partial charge on any atom is -0.325 e. The normalized spacial score (nSPS) is 15.0. The number of thioether (sulfide) groups is 1. The molecule has 1 amide bonds. The smallest absolute Gasteiger partial charge is 0.325 e. The first kappa shape index (κ1) is 21.7. The van der Waals surface area contributed by atoms with Gasteiger partial charge in [-0.15, -0.1) is 10.2 Å². The van der Waals surface area contributed by atoms with Gasteiger partial charge in [0.05, 0.1) is 15.8 Å². The third-order valence-electron chi connectivity index (χ3n) is 4.81. The molecule has 5 nitrogen and oxygen atoms in total. The fraction of sp³-hybridized carbons (Fsp3) is 0.286. The Bertz CT molecular complexity index is 1100. The predicted molar refractivity (Wildman–Crippen MR) is 114 cm³/mol. The summed E-state index contributed by atoms with van der Waals surface area (Å²) in [4.78, 5) is 12.7. The van der Waals surface area contributed by atoms with E-state index in [1.807, 2.05) is 34.9 Å². The molecule has 1 atom stereocenters. The lowest BCUT2D eigenvalue weighted by atomic mass is 10.2. The Balaban J connectivity index is 1.53. The van der Waals surface area contributed by atoms with Gasteiger partial charge in [0.1, 0.15) is 5.82 Å². The van der Waals surface area contributed by atoms with Crippen LogP contribution in [-0.2, 0) is 11.0 Å². The van der Waals surface area contributed by atoms with Gasteiger partial charge in [-0.2, -0.15) is 13.2 Å². The van der Waals surface area contributed by atoms with Crippen LogP contribution in [0.15, 0.2) is 53.7 Å². The van der Waals surface area contributed by atoms with E-state index >= 15 is 0 Å². The number of alkyl halides is 3. The maximum atomic E-state index is 13.1. The minimum absolute atomic E-state index is 0.0253. The van der Waals surface area contributed by atoms with Crippen LogP contribution < -0.4 is 5.32 Å². The lowest BCUT2D eigenvalue weighted by Crippen LogP contribution is -2.23. The molecule has 0 saturated heterocycles. The Kier molecular flexibility index (Phi) is 5.98. The van der Waals surface area contributed by atoms with E-state index in [4.69, 9.17) is 11.6 Å². The summed E-state index contributed by atoms with van der Waals surface area (Å²) in [7, 11) is 0. The number of nitrogens with zero attached hydrogens (tertiary/aromatic N) is 3. The highest BCUT2D eigenvalue weighted by molar-refractivity contribution is 8.00. The van der Waals surface area contributed by atoms with Crippen molar-refractivity contribution in [3.05, 3.63) is 64.9 Å². The number of hydrogen-bond acceptors (Lipinski definition) is 4. The average Bonchev–Trinajstić information content (AvgIpc) is 3.49. The summed E-state index contributed by atoms with van der Waals surface area (Å²) in [6, 6.07) is 12.9. The molecule has 1 heterocycles. The van der Waals surface area contributed by atoms with Crippen LogP contribution in [0.3, 0.4) is 0 Å². The van der Waals surface area contributed by atoms with Crippen molar-refractivity contribution in [3.8, 4) is 5.69 Å². The summed E-state index contributed by atoms with van der Waals surface area (Å²) in [5, 5.41) is 10.6. The zero-order valence-electron chi connectivity index (χ0n) is 16.4. The maximum absolute atomic E-state index is 13.1. The molecule has 1 aliphatic carbocycles. The van der Waals surface area contributed by atoms with Gasteiger partial charge in [-0.1, -0.05) is 41.6 Å². The fourth-order valence-corrected chi connectivity index (χ4v) is 4.16. The Labute approximate surface area is 186 Å². The molecular weight excluding hydrogens is 449 g/mol. The Morgan fingerprint density at radius 2 is 1.90 bits per heavy atom. The Morgan fingerprint density at radius 3 is 2.55 bits per heavy atom. The number of rotatable bonds is 6. The van der Waals surface area contributed by atoms with Gasteiger partial charge < -0.3 is 5.32 Å². The summed E-state index contributed by atoms with van der Waals surface area (Å²) in [5.74, 6) is 0.755. The first-order valence-corrected chi connectivity index (χ1v) is 10.8. The molecule has 10 heteroatoms. The monoisotopic (exact) mass is 466 g/mol. The molecule has 31 heavy (non-hydrogen) atoms. The average molecular weight is 467 g/mol. The molecule has 4 rings (SSSR count). The second-order valence-electron chi connectivity index (χ2n) is 7.23. The summed E-state index contributed by atoms with van der Waals surface area (Å²) in [6.07, 6.45) is -2.52. The van der Waals surface area contributed by atoms with Crippen molar-refractivity contribution in [2.75, 3.05) is 5.32 Å². The molecule has 2 aromatic carbocycles. The van der Waals surface area contributed by atoms with Gasteiger partial charge in [-0.05, 0) is 50.1 Å². The van der Waals surface area contributed by atoms with Gasteiger partial charge in [0.2, 0.25) is 5.91 Å². The lowest BCUT2D eigenvalue weighted by Gasteiger charge is -2.15. The Morgan fingerprint density at radius 1 is 1.19 bits per heavy atom. The van der Waals surface area contributed by atoms with E-state index in [1.165, 1.54) is 17.8 Å². The van der Waals surface area contributed by atoms with E-state index in [9.17, 15) is 18.0 Å². The van der Waals surface area contributed by atoms with Crippen molar-refractivity contribution in [2.45, 2.75) is 42.3 Å². The van der Waals surface area contributed by atoms with Crippen LogP contribution >= 0.6 is 23.4 Å². The maximum Gasteiger partial charge on any atom is 0.417 e. The van der Waals surface area contributed by atoms with Crippen molar-refractivity contribution >= 4 is 35.0 Å². The largest absolute Gasteiger partial charge is 0.417 e. The van der Waals surface area contributed by atoms with Gasteiger partial charge in [0.25, 0.3) is 0 Å². The summed E-state index contributed by atoms with van der Waals surface area (Å²) >= 11 is 6.84. The van der Waals surface area contributed by atoms with Crippen LogP contribution in [-0.4, -0.2) is 25.9 Å². The molecule has 1 unspecified atom stereocenters. The molecule has 1 N–H and O–H groups in total. The molecule has 3 aromatic rings. The van der Waals surface area contributed by atoms with Crippen LogP contribution in [0.2, 0.25) is 5.02 Å². The van der Waals surface area contributed by atoms with E-state index in [0.717, 1.165) is 36.5 Å². The SMILES string of the molecule is CC(Sc1nnc(C2CC2)n1-c1ccccc1)C(=O)Nc1ccc(Cl)c(C(F)(F)F)c1. The number of anilines is 1. The third kappa shape index (κ3) is 4.88. The van der Waals surface area contributed by atoms with Crippen LogP contribution in [0.1, 0.15) is 37.1 Å². The predicted octanol–water partition coefficient (Wildman–Crippen LogP) is 5.94.